The fourth-order valence-corrected chi connectivity index (χ4v) is 4.39. The van der Waals surface area contributed by atoms with E-state index in [1.807, 2.05) is 0 Å². The minimum absolute atomic E-state index is 0.216. The van der Waals surface area contributed by atoms with E-state index < -0.39 is 17.9 Å². The Morgan fingerprint density at radius 3 is 2.41 bits per heavy atom. The normalized spacial score (nSPS) is 33.9. The number of rotatable bonds is 4. The summed E-state index contributed by atoms with van der Waals surface area (Å²) in [6, 6.07) is -0.216. The highest BCUT2D eigenvalue weighted by Crippen LogP contribution is 2.44. The fraction of sp³-hybridized carbons (Fsp3) is 0.941. The van der Waals surface area contributed by atoms with Gasteiger partial charge >= 0.3 is 6.09 Å². The first kappa shape index (κ1) is 16.1. The van der Waals surface area contributed by atoms with Crippen LogP contribution in [0, 0.1) is 11.8 Å². The minimum Gasteiger partial charge on any atom is -0.465 e. The van der Waals surface area contributed by atoms with Crippen molar-refractivity contribution in [1.82, 2.24) is 4.90 Å². The molecular weight excluding hydrogens is 282 g/mol. The van der Waals surface area contributed by atoms with Crippen molar-refractivity contribution in [2.24, 2.45) is 11.8 Å². The highest BCUT2D eigenvalue weighted by molar-refractivity contribution is 5.67. The molecule has 0 spiro atoms. The zero-order valence-electron chi connectivity index (χ0n) is 13.7. The van der Waals surface area contributed by atoms with Crippen LogP contribution < -0.4 is 0 Å². The predicted molar refractivity (Wildman–Crippen MR) is 82.5 cm³/mol. The lowest BCUT2D eigenvalue weighted by Gasteiger charge is -2.34. The molecule has 126 valence electrons. The van der Waals surface area contributed by atoms with Crippen molar-refractivity contribution in [3.05, 3.63) is 0 Å². The summed E-state index contributed by atoms with van der Waals surface area (Å²) < 4.78 is 6.04. The number of aliphatic hydroxyl groups is 1. The van der Waals surface area contributed by atoms with Crippen LogP contribution in [0.4, 0.5) is 4.79 Å². The maximum absolute atomic E-state index is 11.8. The number of ether oxygens (including phenoxy) is 1. The molecule has 3 aliphatic rings. The molecule has 2 saturated carbocycles. The number of nitrogens with zero attached hydrogens (tertiary/aromatic N) is 1. The van der Waals surface area contributed by atoms with Crippen molar-refractivity contribution in [2.45, 2.75) is 89.2 Å². The van der Waals surface area contributed by atoms with Crippen molar-refractivity contribution < 1.29 is 19.7 Å². The van der Waals surface area contributed by atoms with Gasteiger partial charge in [0.15, 0.2) is 0 Å². The van der Waals surface area contributed by atoms with Gasteiger partial charge in [-0.25, -0.2) is 4.79 Å². The van der Waals surface area contributed by atoms with Gasteiger partial charge in [-0.1, -0.05) is 32.1 Å². The summed E-state index contributed by atoms with van der Waals surface area (Å²) in [7, 11) is 0. The lowest BCUT2D eigenvalue weighted by Crippen LogP contribution is -2.49. The van der Waals surface area contributed by atoms with Crippen molar-refractivity contribution >= 4 is 6.09 Å². The monoisotopic (exact) mass is 311 g/mol. The molecule has 0 aromatic rings. The molecule has 0 aromatic heterocycles. The summed E-state index contributed by atoms with van der Waals surface area (Å²) in [5.41, 5.74) is -0.855. The number of amides is 1. The summed E-state index contributed by atoms with van der Waals surface area (Å²) in [6.07, 6.45) is 7.18. The Bertz CT molecular complexity index is 415. The van der Waals surface area contributed by atoms with E-state index in [0.29, 0.717) is 11.8 Å². The summed E-state index contributed by atoms with van der Waals surface area (Å²) in [4.78, 5) is 13.2. The molecule has 3 rings (SSSR count). The van der Waals surface area contributed by atoms with Gasteiger partial charge in [-0.2, -0.15) is 0 Å². The van der Waals surface area contributed by atoms with Crippen LogP contribution in [0.1, 0.15) is 65.2 Å². The van der Waals surface area contributed by atoms with Crippen LogP contribution >= 0.6 is 0 Å². The first-order valence-corrected chi connectivity index (χ1v) is 8.78. The Morgan fingerprint density at radius 1 is 1.23 bits per heavy atom. The Labute approximate surface area is 132 Å². The maximum atomic E-state index is 11.8. The summed E-state index contributed by atoms with van der Waals surface area (Å²) in [5.74, 6) is 0.857. The lowest BCUT2D eigenvalue weighted by atomic mass is 9.82. The quantitative estimate of drug-likeness (QED) is 0.836. The van der Waals surface area contributed by atoms with Gasteiger partial charge < -0.3 is 14.9 Å². The SMILES string of the molecule is CC1(C)O[C@H](C(O)C2CC2)[C@H](CC2CCCCC2)N1C(=O)O. The molecule has 5 nitrogen and oxygen atoms in total. The Hall–Kier alpha value is -0.810. The Kier molecular flexibility index (Phi) is 4.38. The van der Waals surface area contributed by atoms with Crippen molar-refractivity contribution in [3.63, 3.8) is 0 Å². The first-order chi connectivity index (χ1) is 10.4. The zero-order valence-corrected chi connectivity index (χ0v) is 13.7. The second kappa shape index (κ2) is 6.00. The number of carbonyl (C=O) groups is 1. The van der Waals surface area contributed by atoms with Crippen LogP contribution in [0.25, 0.3) is 0 Å². The van der Waals surface area contributed by atoms with Gasteiger partial charge in [-0.05, 0) is 44.9 Å². The third-order valence-corrected chi connectivity index (χ3v) is 5.66. The van der Waals surface area contributed by atoms with Crippen LogP contribution in [0.2, 0.25) is 0 Å². The van der Waals surface area contributed by atoms with Crippen LogP contribution in [0.15, 0.2) is 0 Å². The molecule has 0 radical (unpaired) electrons. The van der Waals surface area contributed by atoms with E-state index in [1.165, 1.54) is 37.0 Å². The lowest BCUT2D eigenvalue weighted by molar-refractivity contribution is -0.102. The number of hydrogen-bond acceptors (Lipinski definition) is 3. The number of aliphatic hydroxyl groups excluding tert-OH is 1. The van der Waals surface area contributed by atoms with Gasteiger partial charge in [0.25, 0.3) is 0 Å². The Morgan fingerprint density at radius 2 is 1.86 bits per heavy atom. The zero-order chi connectivity index (χ0) is 15.9. The second-order valence-electron chi connectivity index (χ2n) is 7.82. The summed E-state index contributed by atoms with van der Waals surface area (Å²) in [5, 5.41) is 20.2. The highest BCUT2D eigenvalue weighted by Gasteiger charge is 2.54. The van der Waals surface area contributed by atoms with Crippen LogP contribution in [0.5, 0.6) is 0 Å². The molecule has 2 N–H and O–H groups in total. The molecule has 5 heteroatoms. The summed E-state index contributed by atoms with van der Waals surface area (Å²) >= 11 is 0. The second-order valence-corrected chi connectivity index (χ2v) is 7.82. The predicted octanol–water partition coefficient (Wildman–Crippen LogP) is 3.21. The highest BCUT2D eigenvalue weighted by atomic mass is 16.6. The van der Waals surface area contributed by atoms with Crippen LogP contribution in [-0.4, -0.2) is 45.2 Å². The molecule has 2 aliphatic carbocycles. The maximum Gasteiger partial charge on any atom is 0.409 e. The van der Waals surface area contributed by atoms with Crippen molar-refractivity contribution in [3.8, 4) is 0 Å². The largest absolute Gasteiger partial charge is 0.465 e. The van der Waals surface area contributed by atoms with Crippen LogP contribution in [0.3, 0.4) is 0 Å². The third-order valence-electron chi connectivity index (χ3n) is 5.66. The van der Waals surface area contributed by atoms with Gasteiger partial charge in [-0.15, -0.1) is 0 Å². The average molecular weight is 311 g/mol. The van der Waals surface area contributed by atoms with Gasteiger partial charge in [0.2, 0.25) is 0 Å². The van der Waals surface area contributed by atoms with Crippen molar-refractivity contribution in [2.75, 3.05) is 0 Å². The molecule has 1 aliphatic heterocycles. The van der Waals surface area contributed by atoms with Gasteiger partial charge in [0, 0.05) is 0 Å². The van der Waals surface area contributed by atoms with E-state index >= 15 is 0 Å². The Balaban J connectivity index is 1.79. The fourth-order valence-electron chi connectivity index (χ4n) is 4.39. The van der Waals surface area contributed by atoms with Gasteiger partial charge in [0.1, 0.15) is 11.8 Å². The van der Waals surface area contributed by atoms with Gasteiger partial charge in [0.05, 0.1) is 12.1 Å². The molecular formula is C17H29NO4. The average Bonchev–Trinajstić information content (AvgIpc) is 3.25. The molecule has 3 atom stereocenters. The molecule has 0 bridgehead atoms. The van der Waals surface area contributed by atoms with E-state index in [9.17, 15) is 15.0 Å². The van der Waals surface area contributed by atoms with E-state index in [2.05, 4.69) is 0 Å². The van der Waals surface area contributed by atoms with Crippen LogP contribution in [-0.2, 0) is 4.74 Å². The minimum atomic E-state index is -0.934. The molecule has 3 fully saturated rings. The molecule has 22 heavy (non-hydrogen) atoms. The third kappa shape index (κ3) is 3.11. The molecule has 0 aromatic carbocycles. The summed E-state index contributed by atoms with van der Waals surface area (Å²) in [6.45, 7) is 3.60. The van der Waals surface area contributed by atoms with E-state index in [-0.39, 0.29) is 12.1 Å². The molecule has 1 unspecified atom stereocenters. The number of hydrogen-bond donors (Lipinski definition) is 2. The first-order valence-electron chi connectivity index (χ1n) is 8.78. The molecule has 1 amide bonds. The standard InChI is InChI=1S/C17H29NO4/c1-17(2)18(16(20)21)13(10-11-6-4-3-5-7-11)15(22-17)14(19)12-8-9-12/h11-15,19H,3-10H2,1-2H3,(H,20,21)/t13-,14?,15-/m0/s1. The molecule has 1 heterocycles. The molecule has 1 saturated heterocycles. The topological polar surface area (TPSA) is 70.0 Å². The van der Waals surface area contributed by atoms with E-state index in [4.69, 9.17) is 4.74 Å². The van der Waals surface area contributed by atoms with Crippen molar-refractivity contribution in [1.29, 1.82) is 0 Å². The number of carboxylic acid groups (broad SMARTS) is 1. The van der Waals surface area contributed by atoms with E-state index in [1.54, 1.807) is 13.8 Å². The van der Waals surface area contributed by atoms with E-state index in [0.717, 1.165) is 19.3 Å². The smallest absolute Gasteiger partial charge is 0.409 e. The van der Waals surface area contributed by atoms with Gasteiger partial charge in [-0.3, -0.25) is 4.90 Å².